The number of nitrogens with zero attached hydrogens (tertiary/aromatic N) is 2. The molecule has 0 aromatic heterocycles. The van der Waals surface area contributed by atoms with Crippen LogP contribution in [0.5, 0.6) is 11.5 Å². The van der Waals surface area contributed by atoms with Crippen molar-refractivity contribution >= 4 is 44.7 Å². The van der Waals surface area contributed by atoms with Crippen LogP contribution in [0.4, 0.5) is 5.69 Å². The molecule has 1 aliphatic heterocycles. The lowest BCUT2D eigenvalue weighted by Gasteiger charge is -2.35. The molecule has 1 fully saturated rings. The molecule has 0 radical (unpaired) electrons. The van der Waals surface area contributed by atoms with Gasteiger partial charge >= 0.3 is 0 Å². The van der Waals surface area contributed by atoms with E-state index in [1.54, 1.807) is 0 Å². The molecule has 1 heterocycles. The standard InChI is InChI=1S/C23H28BrN3O3S/c1-3-26-11-13-27(14-12-26)23(31)17-5-10-20(21(15-17)29-4-2)30-16-22(28)25-19-8-6-18(24)7-9-19/h5-10,15H,3-4,11-14,16H2,1-2H3,(H,25,28). The van der Waals surface area contributed by atoms with Crippen LogP contribution in [0.25, 0.3) is 0 Å². The number of anilines is 1. The van der Waals surface area contributed by atoms with Gasteiger partial charge in [-0.3, -0.25) is 4.79 Å². The van der Waals surface area contributed by atoms with Gasteiger partial charge in [0, 0.05) is 41.9 Å². The molecule has 166 valence electrons. The van der Waals surface area contributed by atoms with Crippen LogP contribution in [-0.2, 0) is 4.79 Å². The van der Waals surface area contributed by atoms with Gasteiger partial charge in [0.25, 0.3) is 5.91 Å². The molecule has 0 bridgehead atoms. The monoisotopic (exact) mass is 505 g/mol. The zero-order chi connectivity index (χ0) is 22.2. The largest absolute Gasteiger partial charge is 0.490 e. The number of hydrogen-bond donors (Lipinski definition) is 1. The lowest BCUT2D eigenvalue weighted by molar-refractivity contribution is -0.118. The number of amides is 1. The lowest BCUT2D eigenvalue weighted by atomic mass is 10.1. The molecular weight excluding hydrogens is 478 g/mol. The second kappa shape index (κ2) is 11.5. The van der Waals surface area contributed by atoms with Crippen LogP contribution >= 0.6 is 28.1 Å². The molecule has 0 aliphatic carbocycles. The molecule has 1 saturated heterocycles. The molecule has 8 heteroatoms. The summed E-state index contributed by atoms with van der Waals surface area (Å²) in [6.45, 7) is 9.42. The summed E-state index contributed by atoms with van der Waals surface area (Å²) in [5.74, 6) is 0.874. The van der Waals surface area contributed by atoms with Crippen molar-refractivity contribution < 1.29 is 14.3 Å². The molecule has 1 N–H and O–H groups in total. The van der Waals surface area contributed by atoms with Crippen molar-refractivity contribution in [2.45, 2.75) is 13.8 Å². The highest BCUT2D eigenvalue weighted by Crippen LogP contribution is 2.29. The fraction of sp³-hybridized carbons (Fsp3) is 0.391. The Kier molecular flexibility index (Phi) is 8.69. The molecule has 2 aromatic rings. The van der Waals surface area contributed by atoms with Crippen molar-refractivity contribution in [3.63, 3.8) is 0 Å². The maximum atomic E-state index is 12.3. The fourth-order valence-electron chi connectivity index (χ4n) is 3.35. The molecule has 0 spiro atoms. The van der Waals surface area contributed by atoms with Crippen LogP contribution in [0.3, 0.4) is 0 Å². The number of benzene rings is 2. The van der Waals surface area contributed by atoms with E-state index in [1.807, 2.05) is 49.4 Å². The number of likely N-dealkylation sites (N-methyl/N-ethyl adjacent to an activating group) is 1. The Hall–Kier alpha value is -2.16. The topological polar surface area (TPSA) is 54.0 Å². The van der Waals surface area contributed by atoms with Crippen LogP contribution in [0.15, 0.2) is 46.9 Å². The zero-order valence-corrected chi connectivity index (χ0v) is 20.3. The van der Waals surface area contributed by atoms with Gasteiger partial charge in [-0.2, -0.15) is 0 Å². The summed E-state index contributed by atoms with van der Waals surface area (Å²) in [5.41, 5.74) is 1.64. The zero-order valence-electron chi connectivity index (χ0n) is 17.9. The number of carbonyl (C=O) groups excluding carboxylic acids is 1. The Bertz CT molecular complexity index is 899. The number of ether oxygens (including phenoxy) is 2. The van der Waals surface area contributed by atoms with E-state index in [-0.39, 0.29) is 12.5 Å². The van der Waals surface area contributed by atoms with Crippen molar-refractivity contribution in [1.29, 1.82) is 0 Å². The Morgan fingerprint density at radius 1 is 1.03 bits per heavy atom. The highest BCUT2D eigenvalue weighted by Gasteiger charge is 2.20. The second-order valence-electron chi connectivity index (χ2n) is 7.16. The van der Waals surface area contributed by atoms with Crippen LogP contribution in [0.2, 0.25) is 0 Å². The average molecular weight is 506 g/mol. The number of thiocarbonyl (C=S) groups is 1. The van der Waals surface area contributed by atoms with Crippen molar-refractivity contribution in [2.75, 3.05) is 51.3 Å². The minimum Gasteiger partial charge on any atom is -0.490 e. The van der Waals surface area contributed by atoms with Crippen LogP contribution < -0.4 is 14.8 Å². The SMILES string of the molecule is CCOc1cc(C(=S)N2CCN(CC)CC2)ccc1OCC(=O)Nc1ccc(Br)cc1. The summed E-state index contributed by atoms with van der Waals surface area (Å²) >= 11 is 9.11. The van der Waals surface area contributed by atoms with Gasteiger partial charge < -0.3 is 24.6 Å². The van der Waals surface area contributed by atoms with Gasteiger partial charge in [-0.1, -0.05) is 35.1 Å². The van der Waals surface area contributed by atoms with Crippen molar-refractivity contribution in [1.82, 2.24) is 9.80 Å². The molecule has 0 atom stereocenters. The summed E-state index contributed by atoms with van der Waals surface area (Å²) < 4.78 is 12.5. The van der Waals surface area contributed by atoms with E-state index in [0.29, 0.717) is 23.8 Å². The maximum Gasteiger partial charge on any atom is 0.262 e. The molecule has 0 saturated carbocycles. The van der Waals surface area contributed by atoms with Gasteiger partial charge in [-0.15, -0.1) is 0 Å². The van der Waals surface area contributed by atoms with E-state index in [0.717, 1.165) is 47.7 Å². The summed E-state index contributed by atoms with van der Waals surface area (Å²) in [5, 5.41) is 2.81. The summed E-state index contributed by atoms with van der Waals surface area (Å²) in [7, 11) is 0. The third-order valence-corrected chi connectivity index (χ3v) is 6.11. The first-order valence-corrected chi connectivity index (χ1v) is 11.7. The van der Waals surface area contributed by atoms with E-state index in [4.69, 9.17) is 21.7 Å². The van der Waals surface area contributed by atoms with Gasteiger partial charge in [0.2, 0.25) is 0 Å². The van der Waals surface area contributed by atoms with E-state index in [2.05, 4.69) is 38.0 Å². The number of rotatable bonds is 8. The smallest absolute Gasteiger partial charge is 0.262 e. The second-order valence-corrected chi connectivity index (χ2v) is 8.47. The number of hydrogen-bond acceptors (Lipinski definition) is 5. The van der Waals surface area contributed by atoms with Crippen molar-refractivity contribution in [3.8, 4) is 11.5 Å². The predicted molar refractivity (Wildman–Crippen MR) is 131 cm³/mol. The first kappa shape index (κ1) is 23.5. The minimum atomic E-state index is -0.238. The minimum absolute atomic E-state index is 0.112. The maximum absolute atomic E-state index is 12.3. The number of nitrogens with one attached hydrogen (secondary N) is 1. The summed E-state index contributed by atoms with van der Waals surface area (Å²) in [6.07, 6.45) is 0. The molecule has 31 heavy (non-hydrogen) atoms. The van der Waals surface area contributed by atoms with E-state index in [9.17, 15) is 4.79 Å². The molecule has 6 nitrogen and oxygen atoms in total. The van der Waals surface area contributed by atoms with Crippen LogP contribution in [0.1, 0.15) is 19.4 Å². The molecule has 1 aliphatic rings. The highest BCUT2D eigenvalue weighted by molar-refractivity contribution is 9.10. The predicted octanol–water partition coefficient (Wildman–Crippen LogP) is 4.18. The van der Waals surface area contributed by atoms with E-state index < -0.39 is 0 Å². The van der Waals surface area contributed by atoms with Crippen LogP contribution in [-0.4, -0.2) is 66.6 Å². The average Bonchev–Trinajstić information content (AvgIpc) is 2.79. The van der Waals surface area contributed by atoms with Gasteiger partial charge in [0.05, 0.1) is 6.61 Å². The normalized spacial score (nSPS) is 14.2. The number of halogens is 1. The van der Waals surface area contributed by atoms with Crippen molar-refractivity contribution in [2.24, 2.45) is 0 Å². The first-order valence-electron chi connectivity index (χ1n) is 10.5. The Morgan fingerprint density at radius 2 is 1.74 bits per heavy atom. The molecule has 1 amide bonds. The first-order chi connectivity index (χ1) is 15.0. The summed E-state index contributed by atoms with van der Waals surface area (Å²) in [6, 6.07) is 13.0. The third kappa shape index (κ3) is 6.66. The van der Waals surface area contributed by atoms with Gasteiger partial charge in [-0.05, 0) is 55.9 Å². The van der Waals surface area contributed by atoms with Gasteiger partial charge in [-0.25, -0.2) is 0 Å². The fourth-order valence-corrected chi connectivity index (χ4v) is 3.93. The molecular formula is C23H28BrN3O3S. The Morgan fingerprint density at radius 3 is 2.39 bits per heavy atom. The Balaban J connectivity index is 1.62. The number of piperazine rings is 1. The highest BCUT2D eigenvalue weighted by atomic mass is 79.9. The van der Waals surface area contributed by atoms with Gasteiger partial charge in [0.15, 0.2) is 18.1 Å². The quantitative estimate of drug-likeness (QED) is 0.543. The number of carbonyl (C=O) groups is 1. The van der Waals surface area contributed by atoms with E-state index >= 15 is 0 Å². The van der Waals surface area contributed by atoms with Gasteiger partial charge in [0.1, 0.15) is 4.99 Å². The Labute approximate surface area is 197 Å². The van der Waals surface area contributed by atoms with Crippen LogP contribution in [0, 0.1) is 0 Å². The molecule has 0 unspecified atom stereocenters. The third-order valence-electron chi connectivity index (χ3n) is 5.08. The molecule has 2 aromatic carbocycles. The summed E-state index contributed by atoms with van der Waals surface area (Å²) in [4.78, 5) is 17.7. The lowest BCUT2D eigenvalue weighted by Crippen LogP contribution is -2.48. The molecule has 3 rings (SSSR count). The van der Waals surface area contributed by atoms with Crippen molar-refractivity contribution in [3.05, 3.63) is 52.5 Å². The van der Waals surface area contributed by atoms with E-state index in [1.165, 1.54) is 0 Å².